The minimum absolute atomic E-state index is 0.266. The van der Waals surface area contributed by atoms with Gasteiger partial charge < -0.3 is 0 Å². The lowest BCUT2D eigenvalue weighted by molar-refractivity contribution is -0.726. The van der Waals surface area contributed by atoms with Crippen molar-refractivity contribution in [2.75, 3.05) is 0 Å². The van der Waals surface area contributed by atoms with Crippen molar-refractivity contribution in [2.45, 2.75) is 18.3 Å². The molecule has 0 bridgehead atoms. The second kappa shape index (κ2) is 5.36. The molecule has 0 aliphatic heterocycles. The highest BCUT2D eigenvalue weighted by atomic mass is 32.2. The SMILES string of the molecule is O=S(O)c1n(C(F)F)cc[n+]1Cc1ccccc1. The predicted molar refractivity (Wildman–Crippen MR) is 60.5 cm³/mol. The largest absolute Gasteiger partial charge is 0.388 e. The first kappa shape index (κ1) is 12.8. The van der Waals surface area contributed by atoms with Gasteiger partial charge in [-0.2, -0.15) is 13.3 Å². The van der Waals surface area contributed by atoms with Crippen molar-refractivity contribution in [3.8, 4) is 0 Å². The van der Waals surface area contributed by atoms with Crippen molar-refractivity contribution >= 4 is 11.1 Å². The fourth-order valence-electron chi connectivity index (χ4n) is 1.67. The van der Waals surface area contributed by atoms with E-state index >= 15 is 0 Å². The lowest BCUT2D eigenvalue weighted by Gasteiger charge is -2.01. The van der Waals surface area contributed by atoms with Crippen LogP contribution in [0.1, 0.15) is 12.1 Å². The third kappa shape index (κ3) is 2.62. The lowest BCUT2D eigenvalue weighted by Crippen LogP contribution is -2.38. The quantitative estimate of drug-likeness (QED) is 0.682. The monoisotopic (exact) mass is 273 g/mol. The van der Waals surface area contributed by atoms with Gasteiger partial charge in [-0.05, 0) is 5.56 Å². The topological polar surface area (TPSA) is 46.1 Å². The summed E-state index contributed by atoms with van der Waals surface area (Å²) in [5.41, 5.74) is 0.862. The Bertz CT molecular complexity index is 557. The molecule has 0 aliphatic carbocycles. The molecule has 96 valence electrons. The number of imidazole rings is 1. The van der Waals surface area contributed by atoms with Gasteiger partial charge in [-0.3, -0.25) is 4.55 Å². The van der Waals surface area contributed by atoms with E-state index in [0.717, 1.165) is 11.8 Å². The Labute approximate surface area is 105 Å². The Balaban J connectivity index is 2.37. The van der Waals surface area contributed by atoms with Crippen LogP contribution in [0.5, 0.6) is 0 Å². The third-order valence-corrected chi connectivity index (χ3v) is 3.19. The maximum absolute atomic E-state index is 12.6. The van der Waals surface area contributed by atoms with Gasteiger partial charge in [0.05, 0.1) is 0 Å². The molecule has 2 aromatic rings. The average molecular weight is 273 g/mol. The number of hydrogen-bond acceptors (Lipinski definition) is 1. The third-order valence-electron chi connectivity index (χ3n) is 2.44. The predicted octanol–water partition coefficient (Wildman–Crippen LogP) is 1.80. The van der Waals surface area contributed by atoms with E-state index in [1.165, 1.54) is 10.8 Å². The molecule has 0 spiro atoms. The Kier molecular flexibility index (Phi) is 3.83. The number of hydrogen-bond donors (Lipinski definition) is 1. The fraction of sp³-hybridized carbons (Fsp3) is 0.182. The van der Waals surface area contributed by atoms with Crippen LogP contribution in [0.25, 0.3) is 0 Å². The molecule has 1 N–H and O–H groups in total. The Morgan fingerprint density at radius 1 is 1.33 bits per heavy atom. The summed E-state index contributed by atoms with van der Waals surface area (Å²) >= 11 is -2.47. The van der Waals surface area contributed by atoms with Crippen molar-refractivity contribution in [1.82, 2.24) is 4.57 Å². The van der Waals surface area contributed by atoms with Crippen LogP contribution < -0.4 is 4.57 Å². The van der Waals surface area contributed by atoms with Gasteiger partial charge in [-0.25, -0.2) is 8.78 Å². The van der Waals surface area contributed by atoms with Gasteiger partial charge in [0.25, 0.3) is 11.1 Å². The summed E-state index contributed by atoms with van der Waals surface area (Å²) in [6.45, 7) is -2.57. The zero-order valence-electron chi connectivity index (χ0n) is 9.24. The molecule has 18 heavy (non-hydrogen) atoms. The smallest absolute Gasteiger partial charge is 0.297 e. The van der Waals surface area contributed by atoms with Crippen molar-refractivity contribution in [3.63, 3.8) is 0 Å². The van der Waals surface area contributed by atoms with E-state index in [4.69, 9.17) is 4.55 Å². The van der Waals surface area contributed by atoms with Crippen LogP contribution in [-0.2, 0) is 17.6 Å². The summed E-state index contributed by atoms with van der Waals surface area (Å²) in [6, 6.07) is 9.10. The molecule has 7 heteroatoms. The molecule has 1 aromatic carbocycles. The number of benzene rings is 1. The van der Waals surface area contributed by atoms with Crippen molar-refractivity contribution < 1.29 is 22.1 Å². The highest BCUT2D eigenvalue weighted by Crippen LogP contribution is 2.14. The Morgan fingerprint density at radius 2 is 2.00 bits per heavy atom. The molecule has 1 unspecified atom stereocenters. The number of rotatable bonds is 4. The van der Waals surface area contributed by atoms with Crippen LogP contribution in [-0.4, -0.2) is 13.3 Å². The first-order valence-electron chi connectivity index (χ1n) is 5.13. The zero-order chi connectivity index (χ0) is 13.1. The van der Waals surface area contributed by atoms with Crippen LogP contribution in [0, 0.1) is 0 Å². The maximum atomic E-state index is 12.6. The van der Waals surface area contributed by atoms with Crippen molar-refractivity contribution in [2.24, 2.45) is 0 Å². The van der Waals surface area contributed by atoms with Gasteiger partial charge in [0.1, 0.15) is 18.9 Å². The van der Waals surface area contributed by atoms with E-state index in [1.807, 2.05) is 30.3 Å². The van der Waals surface area contributed by atoms with Crippen LogP contribution in [0.15, 0.2) is 47.9 Å². The molecule has 0 fully saturated rings. The van der Waals surface area contributed by atoms with Crippen LogP contribution in [0.4, 0.5) is 8.78 Å². The summed E-state index contributed by atoms with van der Waals surface area (Å²) in [5, 5.41) is -0.325. The van der Waals surface area contributed by atoms with Crippen LogP contribution >= 0.6 is 0 Å². The molecule has 1 atom stereocenters. The zero-order valence-corrected chi connectivity index (χ0v) is 10.1. The minimum atomic E-state index is -2.84. The van der Waals surface area contributed by atoms with E-state index in [9.17, 15) is 13.0 Å². The molecular formula is C11H11F2N2O2S+. The Hall–Kier alpha value is -1.60. The summed E-state index contributed by atoms with van der Waals surface area (Å²) in [5.74, 6) is 0. The molecule has 4 nitrogen and oxygen atoms in total. The summed E-state index contributed by atoms with van der Waals surface area (Å²) in [7, 11) is 0. The van der Waals surface area contributed by atoms with Gasteiger partial charge in [-0.15, -0.1) is 0 Å². The first-order chi connectivity index (χ1) is 8.59. The second-order valence-electron chi connectivity index (χ2n) is 3.63. The molecule has 0 amide bonds. The van der Waals surface area contributed by atoms with E-state index in [2.05, 4.69) is 0 Å². The summed E-state index contributed by atoms with van der Waals surface area (Å²) in [6.07, 6.45) is 2.46. The van der Waals surface area contributed by atoms with Gasteiger partial charge >= 0.3 is 11.7 Å². The highest BCUT2D eigenvalue weighted by molar-refractivity contribution is 7.78. The van der Waals surface area contributed by atoms with Gasteiger partial charge in [0, 0.05) is 0 Å². The molecule has 0 aliphatic rings. The van der Waals surface area contributed by atoms with Crippen molar-refractivity contribution in [3.05, 3.63) is 48.3 Å². The van der Waals surface area contributed by atoms with E-state index in [0.29, 0.717) is 4.57 Å². The highest BCUT2D eigenvalue weighted by Gasteiger charge is 2.28. The number of nitrogens with zero attached hydrogens (tertiary/aromatic N) is 2. The Morgan fingerprint density at radius 3 is 2.56 bits per heavy atom. The average Bonchev–Trinajstić information content (AvgIpc) is 2.74. The molecule has 1 heterocycles. The van der Waals surface area contributed by atoms with Crippen molar-refractivity contribution in [1.29, 1.82) is 0 Å². The first-order valence-corrected chi connectivity index (χ1v) is 6.23. The number of alkyl halides is 2. The van der Waals surface area contributed by atoms with E-state index < -0.39 is 17.6 Å². The maximum Gasteiger partial charge on any atom is 0.388 e. The summed E-state index contributed by atoms with van der Waals surface area (Å²) < 4.78 is 47.3. The summed E-state index contributed by atoms with van der Waals surface area (Å²) in [4.78, 5) is 0. The standard InChI is InChI=1S/C11H10F2N2O2S/c12-10(13)15-7-6-14(11(15)18(16)17)8-9-4-2-1-3-5-9/h1-7,10H,8H2/p+1. The molecule has 0 saturated carbocycles. The van der Waals surface area contributed by atoms with E-state index in [-0.39, 0.29) is 11.7 Å². The van der Waals surface area contributed by atoms with Gasteiger partial charge in [-0.1, -0.05) is 30.3 Å². The fourth-order valence-corrected chi connectivity index (χ4v) is 2.31. The van der Waals surface area contributed by atoms with E-state index in [1.54, 1.807) is 0 Å². The molecule has 0 radical (unpaired) electrons. The number of halogens is 2. The lowest BCUT2D eigenvalue weighted by atomic mass is 10.2. The normalized spacial score (nSPS) is 12.9. The van der Waals surface area contributed by atoms with Gasteiger partial charge in [0.15, 0.2) is 0 Å². The van der Waals surface area contributed by atoms with Crippen LogP contribution in [0.3, 0.4) is 0 Å². The molecular weight excluding hydrogens is 262 g/mol. The van der Waals surface area contributed by atoms with Crippen LogP contribution in [0.2, 0.25) is 0 Å². The second-order valence-corrected chi connectivity index (χ2v) is 4.49. The van der Waals surface area contributed by atoms with Gasteiger partial charge in [0.2, 0.25) is 0 Å². The molecule has 0 saturated heterocycles. The minimum Gasteiger partial charge on any atom is -0.297 e. The number of aromatic nitrogens is 2. The molecule has 2 rings (SSSR count). The molecule has 1 aromatic heterocycles.